The van der Waals surface area contributed by atoms with Crippen LogP contribution < -0.4 is 5.32 Å². The molecule has 0 aliphatic carbocycles. The largest absolute Gasteiger partial charge is 0.316 e. The summed E-state index contributed by atoms with van der Waals surface area (Å²) in [5, 5.41) is 5.76. The molecule has 1 aromatic heterocycles. The number of nitrogens with zero attached hydrogens (tertiary/aromatic N) is 1. The molecule has 1 saturated heterocycles. The predicted octanol–water partition coefficient (Wildman–Crippen LogP) is 3.98. The molecule has 0 aromatic carbocycles. The molecule has 1 fully saturated rings. The van der Waals surface area contributed by atoms with Crippen molar-refractivity contribution in [3.63, 3.8) is 0 Å². The van der Waals surface area contributed by atoms with E-state index >= 15 is 0 Å². The van der Waals surface area contributed by atoms with Gasteiger partial charge in [0, 0.05) is 24.0 Å². The molecule has 1 aromatic rings. The number of piperidine rings is 1. The van der Waals surface area contributed by atoms with E-state index in [-0.39, 0.29) is 0 Å². The molecule has 1 N–H and O–H groups in total. The fourth-order valence-electron chi connectivity index (χ4n) is 3.20. The van der Waals surface area contributed by atoms with Crippen LogP contribution in [0.1, 0.15) is 45.4 Å². The van der Waals surface area contributed by atoms with Crippen LogP contribution in [-0.2, 0) is 6.54 Å². The monoisotopic (exact) mass is 294 g/mol. The molecule has 1 aliphatic heterocycles. The van der Waals surface area contributed by atoms with Gasteiger partial charge in [-0.1, -0.05) is 19.9 Å². The molecule has 3 heteroatoms. The number of thiophene rings is 1. The first-order valence-electron chi connectivity index (χ1n) is 7.96. The zero-order chi connectivity index (χ0) is 14.6. The second kappa shape index (κ2) is 7.06. The van der Waals surface area contributed by atoms with Crippen molar-refractivity contribution in [1.82, 2.24) is 10.2 Å². The van der Waals surface area contributed by atoms with E-state index in [1.165, 1.54) is 37.4 Å². The van der Waals surface area contributed by atoms with Crippen molar-refractivity contribution >= 4 is 11.3 Å². The topological polar surface area (TPSA) is 15.3 Å². The Morgan fingerprint density at radius 1 is 1.45 bits per heavy atom. The summed E-state index contributed by atoms with van der Waals surface area (Å²) in [4.78, 5) is 4.12. The molecule has 114 valence electrons. The van der Waals surface area contributed by atoms with Crippen molar-refractivity contribution in [1.29, 1.82) is 0 Å². The van der Waals surface area contributed by atoms with E-state index in [1.54, 1.807) is 0 Å². The Hall–Kier alpha value is -0.380. The van der Waals surface area contributed by atoms with Gasteiger partial charge in [-0.2, -0.15) is 0 Å². The van der Waals surface area contributed by atoms with Crippen LogP contribution in [0.25, 0.3) is 0 Å². The molecule has 0 bridgehead atoms. The lowest BCUT2D eigenvalue weighted by molar-refractivity contribution is 0.0784. The zero-order valence-electron chi connectivity index (χ0n) is 13.5. The van der Waals surface area contributed by atoms with Crippen molar-refractivity contribution in [3.8, 4) is 0 Å². The van der Waals surface area contributed by atoms with E-state index in [9.17, 15) is 0 Å². The van der Waals surface area contributed by atoms with E-state index in [2.05, 4.69) is 55.4 Å². The Balaban J connectivity index is 1.98. The third-order valence-corrected chi connectivity index (χ3v) is 5.54. The maximum Gasteiger partial charge on any atom is 0.0330 e. The summed E-state index contributed by atoms with van der Waals surface area (Å²) in [5.74, 6) is 0.806. The van der Waals surface area contributed by atoms with Crippen LogP contribution in [0.5, 0.6) is 0 Å². The van der Waals surface area contributed by atoms with Crippen molar-refractivity contribution in [3.05, 3.63) is 22.4 Å². The second-order valence-corrected chi connectivity index (χ2v) is 8.14. The fraction of sp³-hybridized carbons (Fsp3) is 0.765. The van der Waals surface area contributed by atoms with Crippen LogP contribution in [-0.4, -0.2) is 30.6 Å². The quantitative estimate of drug-likeness (QED) is 0.853. The van der Waals surface area contributed by atoms with Gasteiger partial charge in [0.15, 0.2) is 0 Å². The Morgan fingerprint density at radius 2 is 2.25 bits per heavy atom. The standard InChI is InChI=1S/C17H30N2S/c1-14(2)19(12-16-8-6-10-20-16)13-17(3,4)15-7-5-9-18-11-15/h6,8,10,14-15,18H,5,7,9,11-13H2,1-4H3. The molecule has 2 heterocycles. The molecule has 2 nitrogen and oxygen atoms in total. The van der Waals surface area contributed by atoms with Crippen LogP contribution in [0, 0.1) is 11.3 Å². The average molecular weight is 295 g/mol. The highest BCUT2D eigenvalue weighted by atomic mass is 32.1. The van der Waals surface area contributed by atoms with E-state index < -0.39 is 0 Å². The Labute approximate surface area is 128 Å². The molecule has 20 heavy (non-hydrogen) atoms. The highest BCUT2D eigenvalue weighted by molar-refractivity contribution is 7.09. The van der Waals surface area contributed by atoms with Crippen molar-refractivity contribution in [2.75, 3.05) is 19.6 Å². The molecule has 0 spiro atoms. The van der Waals surface area contributed by atoms with Crippen molar-refractivity contribution in [2.45, 2.75) is 53.1 Å². The summed E-state index contributed by atoms with van der Waals surface area (Å²) in [7, 11) is 0. The number of hydrogen-bond acceptors (Lipinski definition) is 3. The Bertz CT molecular complexity index is 378. The number of nitrogens with one attached hydrogen (secondary N) is 1. The van der Waals surface area contributed by atoms with Gasteiger partial charge in [-0.25, -0.2) is 0 Å². The van der Waals surface area contributed by atoms with E-state index in [1.807, 2.05) is 11.3 Å². The lowest BCUT2D eigenvalue weighted by atomic mass is 9.74. The third kappa shape index (κ3) is 4.31. The lowest BCUT2D eigenvalue weighted by Gasteiger charge is -2.42. The first-order chi connectivity index (χ1) is 9.49. The molecular formula is C17H30N2S. The van der Waals surface area contributed by atoms with Gasteiger partial charge in [-0.15, -0.1) is 11.3 Å². The molecule has 1 unspecified atom stereocenters. The van der Waals surface area contributed by atoms with E-state index in [0.29, 0.717) is 11.5 Å². The molecule has 1 aliphatic rings. The first-order valence-corrected chi connectivity index (χ1v) is 8.84. The average Bonchev–Trinajstić information content (AvgIpc) is 2.91. The maximum absolute atomic E-state index is 3.57. The molecular weight excluding hydrogens is 264 g/mol. The van der Waals surface area contributed by atoms with Gasteiger partial charge in [0.05, 0.1) is 0 Å². The molecule has 0 saturated carbocycles. The SMILES string of the molecule is CC(C)N(Cc1cccs1)CC(C)(C)C1CCCNC1. The minimum absolute atomic E-state index is 0.384. The summed E-state index contributed by atoms with van der Waals surface area (Å²) in [6, 6.07) is 5.03. The minimum atomic E-state index is 0.384. The van der Waals surface area contributed by atoms with Gasteiger partial charge in [-0.05, 0) is 62.6 Å². The van der Waals surface area contributed by atoms with Gasteiger partial charge >= 0.3 is 0 Å². The number of hydrogen-bond donors (Lipinski definition) is 1. The lowest BCUT2D eigenvalue weighted by Crippen LogP contribution is -2.46. The van der Waals surface area contributed by atoms with Gasteiger partial charge in [0.25, 0.3) is 0 Å². The molecule has 1 atom stereocenters. The highest BCUT2D eigenvalue weighted by Crippen LogP contribution is 2.33. The maximum atomic E-state index is 3.57. The van der Waals surface area contributed by atoms with Gasteiger partial charge in [0.2, 0.25) is 0 Å². The van der Waals surface area contributed by atoms with Crippen LogP contribution in [0.4, 0.5) is 0 Å². The summed E-state index contributed by atoms with van der Waals surface area (Å²) in [6.07, 6.45) is 2.71. The van der Waals surface area contributed by atoms with E-state index in [4.69, 9.17) is 0 Å². The minimum Gasteiger partial charge on any atom is -0.316 e. The van der Waals surface area contributed by atoms with Gasteiger partial charge in [0.1, 0.15) is 0 Å². The van der Waals surface area contributed by atoms with Crippen molar-refractivity contribution < 1.29 is 0 Å². The summed E-state index contributed by atoms with van der Waals surface area (Å²) in [6.45, 7) is 14.2. The van der Waals surface area contributed by atoms with E-state index in [0.717, 1.165) is 12.5 Å². The predicted molar refractivity (Wildman–Crippen MR) is 89.2 cm³/mol. The smallest absolute Gasteiger partial charge is 0.0330 e. The first kappa shape index (κ1) is 16.0. The van der Waals surface area contributed by atoms with Crippen LogP contribution >= 0.6 is 11.3 Å². The Kier molecular flexibility index (Phi) is 5.65. The third-order valence-electron chi connectivity index (χ3n) is 4.68. The fourth-order valence-corrected chi connectivity index (χ4v) is 3.92. The number of rotatable bonds is 6. The molecule has 2 rings (SSSR count). The summed E-state index contributed by atoms with van der Waals surface area (Å²) < 4.78 is 0. The van der Waals surface area contributed by atoms with Gasteiger partial charge < -0.3 is 5.32 Å². The van der Waals surface area contributed by atoms with Crippen LogP contribution in [0.15, 0.2) is 17.5 Å². The van der Waals surface area contributed by atoms with Crippen LogP contribution in [0.3, 0.4) is 0 Å². The second-order valence-electron chi connectivity index (χ2n) is 7.11. The Morgan fingerprint density at radius 3 is 2.80 bits per heavy atom. The normalized spacial score (nSPS) is 20.8. The molecule has 0 radical (unpaired) electrons. The summed E-state index contributed by atoms with van der Waals surface area (Å²) in [5.41, 5.74) is 0.384. The zero-order valence-corrected chi connectivity index (χ0v) is 14.3. The molecule has 0 amide bonds. The highest BCUT2D eigenvalue weighted by Gasteiger charge is 2.33. The summed E-state index contributed by atoms with van der Waals surface area (Å²) >= 11 is 1.88. The van der Waals surface area contributed by atoms with Gasteiger partial charge in [-0.3, -0.25) is 4.90 Å². The van der Waals surface area contributed by atoms with Crippen LogP contribution in [0.2, 0.25) is 0 Å². The van der Waals surface area contributed by atoms with Crippen molar-refractivity contribution in [2.24, 2.45) is 11.3 Å².